The molecule has 0 aliphatic heterocycles. The lowest BCUT2D eigenvalue weighted by Gasteiger charge is -2.31. The number of carbonyl (C=O) groups is 1. The van der Waals surface area contributed by atoms with Crippen LogP contribution in [0.5, 0.6) is 0 Å². The first-order valence-corrected chi connectivity index (χ1v) is 7.72. The third-order valence-electron chi connectivity index (χ3n) is 4.70. The summed E-state index contributed by atoms with van der Waals surface area (Å²) in [4.78, 5) is 11.8. The Kier molecular flexibility index (Phi) is 3.95. The van der Waals surface area contributed by atoms with Gasteiger partial charge < -0.3 is 10.1 Å². The summed E-state index contributed by atoms with van der Waals surface area (Å²) in [5.41, 5.74) is 1.56. The van der Waals surface area contributed by atoms with Crippen LogP contribution in [-0.4, -0.2) is 19.1 Å². The van der Waals surface area contributed by atoms with Crippen LogP contribution in [0.2, 0.25) is 0 Å². The van der Waals surface area contributed by atoms with Crippen molar-refractivity contribution in [2.24, 2.45) is 11.8 Å². The number of esters is 1. The van der Waals surface area contributed by atoms with Crippen LogP contribution in [-0.2, 0) is 4.74 Å². The van der Waals surface area contributed by atoms with Crippen LogP contribution in [0.4, 0.5) is 5.69 Å². The van der Waals surface area contributed by atoms with Gasteiger partial charge in [-0.05, 0) is 49.7 Å². The lowest BCUT2D eigenvalue weighted by molar-refractivity contribution is 0.0601. The number of nitrogens with one attached hydrogen (secondary N) is 1. The van der Waals surface area contributed by atoms with E-state index in [4.69, 9.17) is 4.74 Å². The minimum absolute atomic E-state index is 0.261. The summed E-state index contributed by atoms with van der Waals surface area (Å²) in [7, 11) is 1.43. The third-order valence-corrected chi connectivity index (χ3v) is 4.70. The highest BCUT2D eigenvalue weighted by molar-refractivity contribution is 5.95. The van der Waals surface area contributed by atoms with Gasteiger partial charge in [0.15, 0.2) is 0 Å². The van der Waals surface area contributed by atoms with E-state index in [-0.39, 0.29) is 5.97 Å². The lowest BCUT2D eigenvalue weighted by Crippen LogP contribution is -2.28. The standard InChI is InChI=1S/C17H23NO2/c1-20-17(19)15-7-2-3-8-16(15)18-14-6-4-5-13(11-14)12-9-10-12/h2-3,7-8,12-14,18H,4-6,9-11H2,1H3. The quantitative estimate of drug-likeness (QED) is 0.847. The molecule has 2 aliphatic rings. The van der Waals surface area contributed by atoms with Gasteiger partial charge in [0.2, 0.25) is 0 Å². The molecule has 3 rings (SSSR count). The molecule has 2 fully saturated rings. The van der Waals surface area contributed by atoms with Crippen LogP contribution in [0.1, 0.15) is 48.9 Å². The Morgan fingerprint density at radius 3 is 2.70 bits per heavy atom. The van der Waals surface area contributed by atoms with Crippen LogP contribution in [0.15, 0.2) is 24.3 Å². The Morgan fingerprint density at radius 2 is 1.95 bits per heavy atom. The maximum Gasteiger partial charge on any atom is 0.339 e. The normalized spacial score (nSPS) is 26.1. The molecule has 1 aromatic carbocycles. The van der Waals surface area contributed by atoms with Crippen LogP contribution < -0.4 is 5.32 Å². The molecule has 3 heteroatoms. The summed E-state index contributed by atoms with van der Waals surface area (Å²) in [6.07, 6.45) is 8.01. The van der Waals surface area contributed by atoms with E-state index >= 15 is 0 Å². The molecule has 0 spiro atoms. The van der Waals surface area contributed by atoms with E-state index in [0.717, 1.165) is 17.5 Å². The molecule has 0 aromatic heterocycles. The Morgan fingerprint density at radius 1 is 1.15 bits per heavy atom. The Bertz CT molecular complexity index is 482. The van der Waals surface area contributed by atoms with Crippen LogP contribution >= 0.6 is 0 Å². The van der Waals surface area contributed by atoms with Crippen molar-refractivity contribution >= 4 is 11.7 Å². The van der Waals surface area contributed by atoms with Gasteiger partial charge in [-0.3, -0.25) is 0 Å². The molecule has 2 atom stereocenters. The molecule has 0 bridgehead atoms. The van der Waals surface area contributed by atoms with Gasteiger partial charge in [0.05, 0.1) is 12.7 Å². The number of ether oxygens (including phenoxy) is 1. The summed E-state index contributed by atoms with van der Waals surface area (Å²) < 4.78 is 4.86. The molecule has 1 aromatic rings. The first kappa shape index (κ1) is 13.5. The molecule has 0 saturated heterocycles. The maximum absolute atomic E-state index is 11.8. The Labute approximate surface area is 120 Å². The van der Waals surface area contributed by atoms with Crippen molar-refractivity contribution in [1.82, 2.24) is 0 Å². The predicted molar refractivity (Wildman–Crippen MR) is 79.9 cm³/mol. The Balaban J connectivity index is 1.69. The topological polar surface area (TPSA) is 38.3 Å². The van der Waals surface area contributed by atoms with Gasteiger partial charge in [-0.2, -0.15) is 0 Å². The molecule has 2 aliphatic carbocycles. The van der Waals surface area contributed by atoms with E-state index in [1.807, 2.05) is 24.3 Å². The molecule has 2 unspecified atom stereocenters. The van der Waals surface area contributed by atoms with Gasteiger partial charge in [-0.1, -0.05) is 25.0 Å². The van der Waals surface area contributed by atoms with Crippen molar-refractivity contribution in [2.75, 3.05) is 12.4 Å². The average Bonchev–Trinajstić information content (AvgIpc) is 3.32. The largest absolute Gasteiger partial charge is 0.465 e. The van der Waals surface area contributed by atoms with E-state index < -0.39 is 0 Å². The van der Waals surface area contributed by atoms with Gasteiger partial charge in [-0.25, -0.2) is 4.79 Å². The van der Waals surface area contributed by atoms with E-state index in [1.54, 1.807) is 0 Å². The Hall–Kier alpha value is -1.51. The van der Waals surface area contributed by atoms with Crippen LogP contribution in [0.25, 0.3) is 0 Å². The second-order valence-corrected chi connectivity index (χ2v) is 6.14. The first-order valence-electron chi connectivity index (χ1n) is 7.72. The molecule has 108 valence electrons. The van der Waals surface area contributed by atoms with Crippen molar-refractivity contribution in [3.8, 4) is 0 Å². The smallest absolute Gasteiger partial charge is 0.339 e. The first-order chi connectivity index (χ1) is 9.78. The van der Waals surface area contributed by atoms with Crippen molar-refractivity contribution in [2.45, 2.75) is 44.6 Å². The van der Waals surface area contributed by atoms with E-state index in [0.29, 0.717) is 11.6 Å². The lowest BCUT2D eigenvalue weighted by atomic mass is 9.82. The van der Waals surface area contributed by atoms with Gasteiger partial charge in [0.25, 0.3) is 0 Å². The zero-order chi connectivity index (χ0) is 13.9. The summed E-state index contributed by atoms with van der Waals surface area (Å²) in [6, 6.07) is 8.16. The molecule has 20 heavy (non-hydrogen) atoms. The number of hydrogen-bond acceptors (Lipinski definition) is 3. The highest BCUT2D eigenvalue weighted by atomic mass is 16.5. The fourth-order valence-electron chi connectivity index (χ4n) is 3.47. The minimum Gasteiger partial charge on any atom is -0.465 e. The predicted octanol–water partition coefficient (Wildman–Crippen LogP) is 3.85. The fourth-order valence-corrected chi connectivity index (χ4v) is 3.47. The number of anilines is 1. The van der Waals surface area contributed by atoms with Crippen molar-refractivity contribution < 1.29 is 9.53 Å². The zero-order valence-electron chi connectivity index (χ0n) is 12.1. The monoisotopic (exact) mass is 273 g/mol. The minimum atomic E-state index is -0.261. The number of carbonyl (C=O) groups excluding carboxylic acids is 1. The second-order valence-electron chi connectivity index (χ2n) is 6.14. The fraction of sp³-hybridized carbons (Fsp3) is 0.588. The van der Waals surface area contributed by atoms with Crippen molar-refractivity contribution in [1.29, 1.82) is 0 Å². The second kappa shape index (κ2) is 5.86. The molecule has 1 N–H and O–H groups in total. The van der Waals surface area contributed by atoms with Gasteiger partial charge in [0.1, 0.15) is 0 Å². The number of methoxy groups -OCH3 is 1. The zero-order valence-corrected chi connectivity index (χ0v) is 12.1. The van der Waals surface area contributed by atoms with Gasteiger partial charge in [-0.15, -0.1) is 0 Å². The van der Waals surface area contributed by atoms with Crippen LogP contribution in [0, 0.1) is 11.8 Å². The highest BCUT2D eigenvalue weighted by Gasteiger charge is 2.34. The van der Waals surface area contributed by atoms with E-state index in [1.165, 1.54) is 45.6 Å². The average molecular weight is 273 g/mol. The number of benzene rings is 1. The maximum atomic E-state index is 11.8. The molecule has 3 nitrogen and oxygen atoms in total. The van der Waals surface area contributed by atoms with Gasteiger partial charge in [0, 0.05) is 11.7 Å². The molecular formula is C17H23NO2. The van der Waals surface area contributed by atoms with Crippen LogP contribution in [0.3, 0.4) is 0 Å². The molecule has 0 radical (unpaired) electrons. The molecule has 0 amide bonds. The van der Waals surface area contributed by atoms with Crippen molar-refractivity contribution in [3.63, 3.8) is 0 Å². The number of rotatable bonds is 4. The number of hydrogen-bond donors (Lipinski definition) is 1. The SMILES string of the molecule is COC(=O)c1ccccc1NC1CCCC(C2CC2)C1. The van der Waals surface area contributed by atoms with Crippen molar-refractivity contribution in [3.05, 3.63) is 29.8 Å². The summed E-state index contributed by atoms with van der Waals surface area (Å²) >= 11 is 0. The van der Waals surface area contributed by atoms with Gasteiger partial charge >= 0.3 is 5.97 Å². The number of para-hydroxylation sites is 1. The van der Waals surface area contributed by atoms with E-state index in [9.17, 15) is 4.79 Å². The summed E-state index contributed by atoms with van der Waals surface area (Å²) in [5.74, 6) is 1.62. The van der Waals surface area contributed by atoms with E-state index in [2.05, 4.69) is 5.32 Å². The molecule has 2 saturated carbocycles. The summed E-state index contributed by atoms with van der Waals surface area (Å²) in [5, 5.41) is 3.58. The highest BCUT2D eigenvalue weighted by Crippen LogP contribution is 2.44. The molecule has 0 heterocycles. The summed E-state index contributed by atoms with van der Waals surface area (Å²) in [6.45, 7) is 0. The molecular weight excluding hydrogens is 250 g/mol. The third kappa shape index (κ3) is 2.97.